The highest BCUT2D eigenvalue weighted by molar-refractivity contribution is 9.10. The summed E-state index contributed by atoms with van der Waals surface area (Å²) in [7, 11) is 0. The molecule has 0 atom stereocenters. The normalized spacial score (nSPS) is 10.3. The van der Waals surface area contributed by atoms with Gasteiger partial charge in [-0.2, -0.15) is 5.10 Å². The Hall–Kier alpha value is -1.53. The highest BCUT2D eigenvalue weighted by Crippen LogP contribution is 2.27. The second-order valence-corrected chi connectivity index (χ2v) is 4.72. The summed E-state index contributed by atoms with van der Waals surface area (Å²) in [5.41, 5.74) is -0.0273. The van der Waals surface area contributed by atoms with Crippen molar-refractivity contribution in [3.8, 4) is 5.75 Å². The molecule has 5 nitrogen and oxygen atoms in total. The fraction of sp³-hybridized carbons (Fsp3) is 0.0909. The number of hydrogen-bond acceptors (Lipinski definition) is 3. The van der Waals surface area contributed by atoms with E-state index in [1.54, 1.807) is 18.2 Å². The van der Waals surface area contributed by atoms with Crippen LogP contribution in [0.3, 0.4) is 0 Å². The van der Waals surface area contributed by atoms with E-state index in [9.17, 15) is 4.79 Å². The van der Waals surface area contributed by atoms with Crippen molar-refractivity contribution in [2.45, 2.75) is 6.73 Å². The van der Waals surface area contributed by atoms with Gasteiger partial charge in [0.1, 0.15) is 5.75 Å². The number of aromatic carboxylic acids is 1. The minimum atomic E-state index is -1.07. The van der Waals surface area contributed by atoms with E-state index in [1.807, 2.05) is 0 Å². The van der Waals surface area contributed by atoms with E-state index >= 15 is 0 Å². The van der Waals surface area contributed by atoms with E-state index in [1.165, 1.54) is 16.9 Å². The number of carbonyl (C=O) groups is 1. The minimum absolute atomic E-state index is 0.0273. The molecule has 18 heavy (non-hydrogen) atoms. The number of ether oxygens (including phenoxy) is 1. The average Bonchev–Trinajstić information content (AvgIpc) is 2.76. The van der Waals surface area contributed by atoms with Gasteiger partial charge in [-0.1, -0.05) is 27.5 Å². The van der Waals surface area contributed by atoms with Crippen LogP contribution < -0.4 is 4.74 Å². The maximum absolute atomic E-state index is 10.6. The molecule has 0 aliphatic heterocycles. The lowest BCUT2D eigenvalue weighted by atomic mass is 10.3. The molecule has 0 amide bonds. The molecule has 0 spiro atoms. The standard InChI is InChI=1S/C11H8BrClN2O3/c12-7-1-2-10(8(13)5-7)18-6-15-4-3-9(14-15)11(16)17/h1-5H,6H2,(H,16,17). The van der Waals surface area contributed by atoms with Gasteiger partial charge in [0.05, 0.1) is 5.02 Å². The van der Waals surface area contributed by atoms with Crippen LogP contribution in [-0.2, 0) is 6.73 Å². The first-order valence-corrected chi connectivity index (χ1v) is 6.08. The van der Waals surface area contributed by atoms with Gasteiger partial charge in [-0.05, 0) is 24.3 Å². The number of aromatic nitrogens is 2. The molecule has 0 unspecified atom stereocenters. The Morgan fingerprint density at radius 2 is 2.28 bits per heavy atom. The Balaban J connectivity index is 2.04. The summed E-state index contributed by atoms with van der Waals surface area (Å²) in [5.74, 6) is -0.567. The summed E-state index contributed by atoms with van der Waals surface area (Å²) < 4.78 is 7.66. The molecule has 2 rings (SSSR count). The molecular formula is C11H8BrClN2O3. The first-order chi connectivity index (χ1) is 8.56. The van der Waals surface area contributed by atoms with Crippen LogP contribution in [-0.4, -0.2) is 20.9 Å². The lowest BCUT2D eigenvalue weighted by molar-refractivity contribution is 0.0688. The summed E-state index contributed by atoms with van der Waals surface area (Å²) in [6.45, 7) is 0.0919. The van der Waals surface area contributed by atoms with Gasteiger partial charge in [-0.3, -0.25) is 0 Å². The highest BCUT2D eigenvalue weighted by atomic mass is 79.9. The number of benzene rings is 1. The number of carboxylic acids is 1. The van der Waals surface area contributed by atoms with Crippen LogP contribution in [0.4, 0.5) is 0 Å². The maximum atomic E-state index is 10.6. The SMILES string of the molecule is O=C(O)c1ccn(COc2ccc(Br)cc2Cl)n1. The smallest absolute Gasteiger partial charge is 0.356 e. The lowest BCUT2D eigenvalue weighted by Gasteiger charge is -2.07. The molecule has 1 aromatic heterocycles. The van der Waals surface area contributed by atoms with Crippen LogP contribution in [0.2, 0.25) is 5.02 Å². The molecule has 0 aliphatic rings. The number of nitrogens with zero attached hydrogens (tertiary/aromatic N) is 2. The van der Waals surface area contributed by atoms with Crippen LogP contribution in [0.25, 0.3) is 0 Å². The van der Waals surface area contributed by atoms with Gasteiger partial charge >= 0.3 is 5.97 Å². The number of halogens is 2. The van der Waals surface area contributed by atoms with E-state index in [0.717, 1.165) is 4.47 Å². The van der Waals surface area contributed by atoms with Gasteiger partial charge in [0, 0.05) is 10.7 Å². The van der Waals surface area contributed by atoms with E-state index in [4.69, 9.17) is 21.4 Å². The van der Waals surface area contributed by atoms with Gasteiger partial charge < -0.3 is 9.84 Å². The largest absolute Gasteiger partial charge is 0.476 e. The molecule has 1 N–H and O–H groups in total. The van der Waals surface area contributed by atoms with E-state index in [2.05, 4.69) is 21.0 Å². The summed E-state index contributed by atoms with van der Waals surface area (Å²) in [4.78, 5) is 10.6. The van der Waals surface area contributed by atoms with Crippen LogP contribution in [0, 0.1) is 0 Å². The van der Waals surface area contributed by atoms with E-state index in [0.29, 0.717) is 10.8 Å². The number of hydrogen-bond donors (Lipinski definition) is 1. The van der Waals surface area contributed by atoms with Gasteiger partial charge in [0.2, 0.25) is 0 Å². The third-order valence-electron chi connectivity index (χ3n) is 2.11. The van der Waals surface area contributed by atoms with Crippen molar-refractivity contribution in [1.29, 1.82) is 0 Å². The van der Waals surface area contributed by atoms with Crippen molar-refractivity contribution in [3.05, 3.63) is 45.7 Å². The average molecular weight is 332 g/mol. The fourth-order valence-corrected chi connectivity index (χ4v) is 2.00. The zero-order valence-corrected chi connectivity index (χ0v) is 11.3. The Morgan fingerprint density at radius 1 is 1.50 bits per heavy atom. The Morgan fingerprint density at radius 3 is 2.89 bits per heavy atom. The molecular weight excluding hydrogens is 323 g/mol. The second kappa shape index (κ2) is 5.41. The third kappa shape index (κ3) is 3.02. The highest BCUT2D eigenvalue weighted by Gasteiger charge is 2.07. The minimum Gasteiger partial charge on any atom is -0.476 e. The summed E-state index contributed by atoms with van der Waals surface area (Å²) in [5, 5.41) is 13.0. The molecule has 1 aromatic carbocycles. The molecule has 0 saturated heterocycles. The van der Waals surface area contributed by atoms with E-state index < -0.39 is 5.97 Å². The summed E-state index contributed by atoms with van der Waals surface area (Å²) in [6, 6.07) is 6.62. The molecule has 2 aromatic rings. The molecule has 0 radical (unpaired) electrons. The molecule has 94 valence electrons. The first-order valence-electron chi connectivity index (χ1n) is 4.91. The quantitative estimate of drug-likeness (QED) is 0.935. The summed E-state index contributed by atoms with van der Waals surface area (Å²) in [6.07, 6.45) is 1.52. The number of rotatable bonds is 4. The topological polar surface area (TPSA) is 64.3 Å². The zero-order valence-electron chi connectivity index (χ0n) is 9.01. The molecule has 0 bridgehead atoms. The van der Waals surface area contributed by atoms with Crippen LogP contribution in [0.15, 0.2) is 34.9 Å². The van der Waals surface area contributed by atoms with Gasteiger partial charge in [-0.15, -0.1) is 0 Å². The van der Waals surface area contributed by atoms with Crippen molar-refractivity contribution >= 4 is 33.5 Å². The van der Waals surface area contributed by atoms with E-state index in [-0.39, 0.29) is 12.4 Å². The van der Waals surface area contributed by atoms with Gasteiger partial charge in [0.25, 0.3) is 0 Å². The van der Waals surface area contributed by atoms with Crippen molar-refractivity contribution in [3.63, 3.8) is 0 Å². The number of carboxylic acid groups (broad SMARTS) is 1. The Labute approximate surface area is 116 Å². The third-order valence-corrected chi connectivity index (χ3v) is 2.89. The van der Waals surface area contributed by atoms with Crippen LogP contribution >= 0.6 is 27.5 Å². The summed E-state index contributed by atoms with van der Waals surface area (Å²) >= 11 is 9.26. The molecule has 0 saturated carbocycles. The van der Waals surface area contributed by atoms with Crippen molar-refractivity contribution in [1.82, 2.24) is 9.78 Å². The van der Waals surface area contributed by atoms with Crippen LogP contribution in [0.1, 0.15) is 10.5 Å². The first kappa shape index (κ1) is 12.9. The van der Waals surface area contributed by atoms with Gasteiger partial charge in [-0.25, -0.2) is 9.48 Å². The van der Waals surface area contributed by atoms with Crippen LogP contribution in [0.5, 0.6) is 5.75 Å². The Bertz CT molecular complexity index is 585. The predicted molar refractivity (Wildman–Crippen MR) is 69.0 cm³/mol. The molecule has 7 heteroatoms. The van der Waals surface area contributed by atoms with Crippen molar-refractivity contribution in [2.75, 3.05) is 0 Å². The second-order valence-electron chi connectivity index (χ2n) is 3.39. The predicted octanol–water partition coefficient (Wildman–Crippen LogP) is 3.03. The Kier molecular flexibility index (Phi) is 3.88. The maximum Gasteiger partial charge on any atom is 0.356 e. The molecule has 1 heterocycles. The van der Waals surface area contributed by atoms with Gasteiger partial charge in [0.15, 0.2) is 12.4 Å². The van der Waals surface area contributed by atoms with Crippen molar-refractivity contribution in [2.24, 2.45) is 0 Å². The molecule has 0 fully saturated rings. The monoisotopic (exact) mass is 330 g/mol. The van der Waals surface area contributed by atoms with Crippen molar-refractivity contribution < 1.29 is 14.6 Å². The fourth-order valence-electron chi connectivity index (χ4n) is 1.28. The zero-order chi connectivity index (χ0) is 13.1. The molecule has 0 aliphatic carbocycles. The lowest BCUT2D eigenvalue weighted by Crippen LogP contribution is -2.07.